The van der Waals surface area contributed by atoms with E-state index in [4.69, 9.17) is 5.11 Å². The Bertz CT molecular complexity index is 313. The van der Waals surface area contributed by atoms with E-state index in [0.717, 1.165) is 12.8 Å². The zero-order valence-corrected chi connectivity index (χ0v) is 11.5. The van der Waals surface area contributed by atoms with Crippen molar-refractivity contribution in [2.24, 2.45) is 11.3 Å². The molecule has 2 amide bonds. The summed E-state index contributed by atoms with van der Waals surface area (Å²) < 4.78 is 0. The highest BCUT2D eigenvalue weighted by atomic mass is 16.4. The van der Waals surface area contributed by atoms with Crippen molar-refractivity contribution in [3.05, 3.63) is 0 Å². The lowest BCUT2D eigenvalue weighted by molar-refractivity contribution is -0.141. The fraction of sp³-hybridized carbons (Fsp3) is 0.846. The molecule has 1 rings (SSSR count). The lowest BCUT2D eigenvalue weighted by Gasteiger charge is -2.20. The molecule has 18 heavy (non-hydrogen) atoms. The Hall–Kier alpha value is -1.26. The molecule has 5 nitrogen and oxygen atoms in total. The van der Waals surface area contributed by atoms with Crippen molar-refractivity contribution in [2.75, 3.05) is 6.54 Å². The minimum atomic E-state index is -0.896. The molecule has 0 aromatic heterocycles. The third-order valence-electron chi connectivity index (χ3n) is 3.86. The van der Waals surface area contributed by atoms with Crippen molar-refractivity contribution in [3.63, 3.8) is 0 Å². The van der Waals surface area contributed by atoms with Crippen LogP contribution in [0.3, 0.4) is 0 Å². The van der Waals surface area contributed by atoms with E-state index >= 15 is 0 Å². The second-order valence-corrected chi connectivity index (χ2v) is 5.49. The third-order valence-corrected chi connectivity index (χ3v) is 3.86. The zero-order valence-electron chi connectivity index (χ0n) is 11.5. The molecule has 104 valence electrons. The molecule has 5 heteroatoms. The lowest BCUT2D eigenvalue weighted by atomic mass is 10.0. The molecule has 2 unspecified atom stereocenters. The first-order valence-corrected chi connectivity index (χ1v) is 6.67. The average Bonchev–Trinajstić information content (AvgIpc) is 3.06. The molecule has 0 aromatic rings. The van der Waals surface area contributed by atoms with Gasteiger partial charge in [-0.1, -0.05) is 13.3 Å². The highest BCUT2D eigenvalue weighted by Crippen LogP contribution is 2.48. The number of carbonyl (C=O) groups is 2. The Morgan fingerprint density at radius 1 is 1.33 bits per heavy atom. The van der Waals surface area contributed by atoms with E-state index in [9.17, 15) is 9.59 Å². The van der Waals surface area contributed by atoms with Crippen molar-refractivity contribution in [3.8, 4) is 0 Å². The molecule has 0 aliphatic heterocycles. The minimum Gasteiger partial charge on any atom is -0.481 e. The van der Waals surface area contributed by atoms with Gasteiger partial charge in [0, 0.05) is 12.6 Å². The summed E-state index contributed by atoms with van der Waals surface area (Å²) in [5.41, 5.74) is 0.313. The maximum atomic E-state index is 11.6. The number of hydrogen-bond donors (Lipinski definition) is 3. The predicted molar refractivity (Wildman–Crippen MR) is 69.4 cm³/mol. The van der Waals surface area contributed by atoms with Crippen LogP contribution >= 0.6 is 0 Å². The fourth-order valence-corrected chi connectivity index (χ4v) is 2.09. The van der Waals surface area contributed by atoms with Crippen LogP contribution in [0.25, 0.3) is 0 Å². The van der Waals surface area contributed by atoms with Crippen molar-refractivity contribution < 1.29 is 14.7 Å². The lowest BCUT2D eigenvalue weighted by Crippen LogP contribution is -2.46. The summed E-state index contributed by atoms with van der Waals surface area (Å²) in [5, 5.41) is 14.4. The number of carbonyl (C=O) groups excluding carboxylic acids is 1. The monoisotopic (exact) mass is 256 g/mol. The maximum Gasteiger partial charge on any atom is 0.315 e. The van der Waals surface area contributed by atoms with Gasteiger partial charge in [-0.15, -0.1) is 0 Å². The average molecular weight is 256 g/mol. The highest BCUT2D eigenvalue weighted by molar-refractivity contribution is 5.76. The van der Waals surface area contributed by atoms with Gasteiger partial charge in [-0.05, 0) is 38.5 Å². The number of nitrogens with one attached hydrogen (secondary N) is 2. The van der Waals surface area contributed by atoms with Crippen LogP contribution in [0.5, 0.6) is 0 Å². The van der Waals surface area contributed by atoms with Gasteiger partial charge in [0.2, 0.25) is 0 Å². The maximum absolute atomic E-state index is 11.6. The van der Waals surface area contributed by atoms with Gasteiger partial charge in [0.15, 0.2) is 0 Å². The van der Waals surface area contributed by atoms with Gasteiger partial charge in [-0.2, -0.15) is 0 Å². The summed E-state index contributed by atoms with van der Waals surface area (Å²) in [6.07, 6.45) is 4.65. The van der Waals surface area contributed by atoms with E-state index < -0.39 is 11.9 Å². The Balaban J connectivity index is 2.27. The van der Waals surface area contributed by atoms with Gasteiger partial charge in [0.05, 0.1) is 5.92 Å². The van der Waals surface area contributed by atoms with Crippen LogP contribution in [0.2, 0.25) is 0 Å². The predicted octanol–water partition coefficient (Wildman–Crippen LogP) is 1.98. The summed E-state index contributed by atoms with van der Waals surface area (Å²) in [6, 6.07) is -0.637. The highest BCUT2D eigenvalue weighted by Gasteiger charge is 2.41. The molecule has 0 heterocycles. The van der Waals surface area contributed by atoms with Crippen molar-refractivity contribution >= 4 is 12.0 Å². The zero-order chi connectivity index (χ0) is 13.8. The second-order valence-electron chi connectivity index (χ2n) is 5.49. The van der Waals surface area contributed by atoms with Gasteiger partial charge in [0.1, 0.15) is 0 Å². The van der Waals surface area contributed by atoms with Crippen LogP contribution in [-0.4, -0.2) is 29.7 Å². The largest absolute Gasteiger partial charge is 0.481 e. The first kappa shape index (κ1) is 14.8. The fourth-order valence-electron chi connectivity index (χ4n) is 2.09. The SMILES string of the molecule is CCCC1(CNC(=O)NC(C)C(C)C(=O)O)CC1. The molecule has 0 radical (unpaired) electrons. The molecule has 2 atom stereocenters. The number of urea groups is 1. The second kappa shape index (κ2) is 6.07. The Morgan fingerprint density at radius 2 is 1.94 bits per heavy atom. The van der Waals surface area contributed by atoms with Crippen molar-refractivity contribution in [1.29, 1.82) is 0 Å². The first-order chi connectivity index (χ1) is 8.40. The first-order valence-electron chi connectivity index (χ1n) is 6.67. The van der Waals surface area contributed by atoms with Crippen LogP contribution in [-0.2, 0) is 4.79 Å². The van der Waals surface area contributed by atoms with Crippen molar-refractivity contribution in [1.82, 2.24) is 10.6 Å². The van der Waals surface area contributed by atoms with Gasteiger partial charge in [0.25, 0.3) is 0 Å². The van der Waals surface area contributed by atoms with E-state index in [2.05, 4.69) is 17.6 Å². The summed E-state index contributed by atoms with van der Waals surface area (Å²) in [6.45, 7) is 6.14. The smallest absolute Gasteiger partial charge is 0.315 e. The van der Waals surface area contributed by atoms with Gasteiger partial charge in [-0.3, -0.25) is 4.79 Å². The standard InChI is InChI=1S/C13H24N2O3/c1-4-5-13(6-7-13)8-14-12(18)15-10(3)9(2)11(16)17/h9-10H,4-8H2,1-3H3,(H,16,17)(H2,14,15,18). The summed E-state index contributed by atoms with van der Waals surface area (Å²) in [7, 11) is 0. The molecule has 1 saturated carbocycles. The van der Waals surface area contributed by atoms with E-state index in [1.165, 1.54) is 12.8 Å². The van der Waals surface area contributed by atoms with Crippen molar-refractivity contribution in [2.45, 2.75) is 52.5 Å². The van der Waals surface area contributed by atoms with E-state index in [0.29, 0.717) is 12.0 Å². The molecule has 1 aliphatic rings. The minimum absolute atomic E-state index is 0.266. The van der Waals surface area contributed by atoms with Gasteiger partial charge < -0.3 is 15.7 Å². The van der Waals surface area contributed by atoms with Crippen LogP contribution in [0.15, 0.2) is 0 Å². The molecule has 1 aliphatic carbocycles. The number of carboxylic acid groups (broad SMARTS) is 1. The Kier molecular flexibility index (Phi) is 4.99. The number of amides is 2. The quantitative estimate of drug-likeness (QED) is 0.651. The van der Waals surface area contributed by atoms with E-state index in [1.54, 1.807) is 13.8 Å². The molecule has 0 spiro atoms. The summed E-state index contributed by atoms with van der Waals surface area (Å²) in [4.78, 5) is 22.4. The Morgan fingerprint density at radius 3 is 2.39 bits per heavy atom. The molecule has 0 aromatic carbocycles. The number of hydrogen-bond acceptors (Lipinski definition) is 2. The molecule has 3 N–H and O–H groups in total. The number of carboxylic acids is 1. The number of rotatable bonds is 7. The van der Waals surface area contributed by atoms with Crippen LogP contribution in [0.4, 0.5) is 4.79 Å². The van der Waals surface area contributed by atoms with E-state index in [1.807, 2.05) is 0 Å². The van der Waals surface area contributed by atoms with Crippen LogP contribution < -0.4 is 10.6 Å². The summed E-state index contributed by atoms with van der Waals surface area (Å²) in [5.74, 6) is -1.48. The Labute approximate surface area is 108 Å². The van der Waals surface area contributed by atoms with Gasteiger partial charge >= 0.3 is 12.0 Å². The third kappa shape index (κ3) is 4.20. The van der Waals surface area contributed by atoms with Gasteiger partial charge in [-0.25, -0.2) is 4.79 Å². The topological polar surface area (TPSA) is 78.4 Å². The molecule has 0 bridgehead atoms. The number of aliphatic carboxylic acids is 1. The van der Waals surface area contributed by atoms with Crippen LogP contribution in [0.1, 0.15) is 46.5 Å². The molecular formula is C13H24N2O3. The summed E-state index contributed by atoms with van der Waals surface area (Å²) >= 11 is 0. The van der Waals surface area contributed by atoms with E-state index in [-0.39, 0.29) is 12.1 Å². The molecule has 1 fully saturated rings. The normalized spacial score (nSPS) is 19.7. The van der Waals surface area contributed by atoms with Crippen LogP contribution in [0, 0.1) is 11.3 Å². The molecule has 0 saturated heterocycles. The molecular weight excluding hydrogens is 232 g/mol.